The fourth-order valence-corrected chi connectivity index (χ4v) is 4.84. The number of aromatic nitrogens is 1. The molecule has 1 atom stereocenters. The van der Waals surface area contributed by atoms with Crippen molar-refractivity contribution < 1.29 is 22.7 Å². The maximum atomic E-state index is 12.3. The molecule has 172 valence electrons. The molecular formula is C24H30N2O5S. The SMILES string of the molecule is CC(C)(C)OC(=O)N1CCC(C2Cc3nc(-c4ccc(S(C)(=O)=O)cc4)ccc3O2)CC1. The van der Waals surface area contributed by atoms with Gasteiger partial charge in [-0.2, -0.15) is 0 Å². The number of nitrogens with zero attached hydrogens (tertiary/aromatic N) is 2. The summed E-state index contributed by atoms with van der Waals surface area (Å²) in [5.74, 6) is 1.17. The molecule has 7 nitrogen and oxygen atoms in total. The summed E-state index contributed by atoms with van der Waals surface area (Å²) in [4.78, 5) is 19.2. The molecule has 1 aromatic carbocycles. The Bertz CT molecular complexity index is 1100. The van der Waals surface area contributed by atoms with Crippen LogP contribution < -0.4 is 4.74 Å². The van der Waals surface area contributed by atoms with E-state index in [1.807, 2.05) is 32.9 Å². The highest BCUT2D eigenvalue weighted by atomic mass is 32.2. The van der Waals surface area contributed by atoms with Crippen LogP contribution in [0.2, 0.25) is 0 Å². The quantitative estimate of drug-likeness (QED) is 0.688. The lowest BCUT2D eigenvalue weighted by molar-refractivity contribution is 0.0123. The molecular weight excluding hydrogens is 428 g/mol. The van der Waals surface area contributed by atoms with E-state index in [0.29, 0.717) is 23.9 Å². The molecule has 2 aliphatic heterocycles. The topological polar surface area (TPSA) is 85.8 Å². The maximum Gasteiger partial charge on any atom is 0.410 e. The van der Waals surface area contributed by atoms with Crippen LogP contribution in [0.1, 0.15) is 39.3 Å². The van der Waals surface area contributed by atoms with E-state index in [0.717, 1.165) is 42.0 Å². The predicted molar refractivity (Wildman–Crippen MR) is 121 cm³/mol. The van der Waals surface area contributed by atoms with Crippen LogP contribution in [0.5, 0.6) is 5.75 Å². The molecule has 4 rings (SSSR count). The van der Waals surface area contributed by atoms with Gasteiger partial charge in [0.1, 0.15) is 17.5 Å². The Morgan fingerprint density at radius 1 is 1.09 bits per heavy atom. The number of benzene rings is 1. The van der Waals surface area contributed by atoms with E-state index in [2.05, 4.69) is 0 Å². The van der Waals surface area contributed by atoms with Crippen molar-refractivity contribution in [1.29, 1.82) is 0 Å². The summed E-state index contributed by atoms with van der Waals surface area (Å²) in [6.07, 6.45) is 3.49. The average Bonchev–Trinajstić information content (AvgIpc) is 3.15. The number of piperidine rings is 1. The van der Waals surface area contributed by atoms with Crippen LogP contribution in [0.15, 0.2) is 41.3 Å². The van der Waals surface area contributed by atoms with Crippen molar-refractivity contribution in [2.75, 3.05) is 19.3 Å². The number of sulfone groups is 1. The lowest BCUT2D eigenvalue weighted by Crippen LogP contribution is -2.44. The Morgan fingerprint density at radius 3 is 2.34 bits per heavy atom. The smallest absolute Gasteiger partial charge is 0.410 e. The van der Waals surface area contributed by atoms with Crippen LogP contribution in [0, 0.1) is 5.92 Å². The molecule has 1 amide bonds. The number of carbonyl (C=O) groups is 1. The fourth-order valence-electron chi connectivity index (χ4n) is 4.21. The van der Waals surface area contributed by atoms with E-state index in [1.54, 1.807) is 29.2 Å². The van der Waals surface area contributed by atoms with E-state index in [-0.39, 0.29) is 12.2 Å². The summed E-state index contributed by atoms with van der Waals surface area (Å²) < 4.78 is 35.0. The standard InChI is InChI=1S/C24H30N2O5S/c1-24(2,3)31-23(27)26-13-11-17(12-14-26)22-15-20-21(30-22)10-9-19(25-20)16-5-7-18(8-6-16)32(4,28)29/h5-10,17,22H,11-15H2,1-4H3. The van der Waals surface area contributed by atoms with Gasteiger partial charge < -0.3 is 14.4 Å². The van der Waals surface area contributed by atoms with Crippen molar-refractivity contribution in [2.24, 2.45) is 5.92 Å². The molecule has 1 saturated heterocycles. The third-order valence-corrected chi connectivity index (χ3v) is 7.03. The second-order valence-corrected chi connectivity index (χ2v) is 11.6. The molecule has 2 aliphatic rings. The lowest BCUT2D eigenvalue weighted by atomic mass is 9.90. The molecule has 0 N–H and O–H groups in total. The van der Waals surface area contributed by atoms with Crippen molar-refractivity contribution in [3.8, 4) is 17.0 Å². The predicted octanol–water partition coefficient (Wildman–Crippen LogP) is 4.10. The van der Waals surface area contributed by atoms with E-state index in [9.17, 15) is 13.2 Å². The summed E-state index contributed by atoms with van der Waals surface area (Å²) in [7, 11) is -3.22. The molecule has 0 spiro atoms. The highest BCUT2D eigenvalue weighted by Crippen LogP contribution is 2.36. The number of carbonyl (C=O) groups excluding carboxylic acids is 1. The number of hydrogen-bond acceptors (Lipinski definition) is 6. The summed E-state index contributed by atoms with van der Waals surface area (Å²) in [5.41, 5.74) is 2.11. The van der Waals surface area contributed by atoms with Gasteiger partial charge >= 0.3 is 6.09 Å². The number of ether oxygens (including phenoxy) is 2. The average molecular weight is 459 g/mol. The van der Waals surface area contributed by atoms with Gasteiger partial charge in [-0.3, -0.25) is 0 Å². The molecule has 1 fully saturated rings. The zero-order valence-corrected chi connectivity index (χ0v) is 19.8. The van der Waals surface area contributed by atoms with Gasteiger partial charge in [-0.05, 0) is 63.8 Å². The van der Waals surface area contributed by atoms with Crippen molar-refractivity contribution in [1.82, 2.24) is 9.88 Å². The molecule has 0 bridgehead atoms. The number of pyridine rings is 1. The van der Waals surface area contributed by atoms with Crippen molar-refractivity contribution in [3.05, 3.63) is 42.1 Å². The maximum absolute atomic E-state index is 12.3. The van der Waals surface area contributed by atoms with Gasteiger partial charge in [-0.25, -0.2) is 18.2 Å². The van der Waals surface area contributed by atoms with Gasteiger partial charge in [0.25, 0.3) is 0 Å². The van der Waals surface area contributed by atoms with Gasteiger partial charge in [0, 0.05) is 31.3 Å². The van der Waals surface area contributed by atoms with Gasteiger partial charge in [0.05, 0.1) is 16.3 Å². The summed E-state index contributed by atoms with van der Waals surface area (Å²) in [6.45, 7) is 6.97. The molecule has 0 aliphatic carbocycles. The zero-order chi connectivity index (χ0) is 23.1. The van der Waals surface area contributed by atoms with Gasteiger partial charge in [-0.1, -0.05) is 12.1 Å². The Morgan fingerprint density at radius 2 is 1.75 bits per heavy atom. The normalized spacial score (nSPS) is 19.4. The molecule has 2 aromatic rings. The van der Waals surface area contributed by atoms with E-state index < -0.39 is 15.4 Å². The number of amides is 1. The Kier molecular flexibility index (Phi) is 5.92. The number of rotatable bonds is 3. The second kappa shape index (κ2) is 8.39. The Labute approximate surface area is 189 Å². The van der Waals surface area contributed by atoms with Crippen LogP contribution in [0.3, 0.4) is 0 Å². The molecule has 0 saturated carbocycles. The molecule has 3 heterocycles. The number of fused-ring (bicyclic) bond motifs is 1. The van der Waals surface area contributed by atoms with E-state index >= 15 is 0 Å². The van der Waals surface area contributed by atoms with Crippen LogP contribution in [-0.4, -0.2) is 55.4 Å². The van der Waals surface area contributed by atoms with Crippen LogP contribution in [0.25, 0.3) is 11.3 Å². The fraction of sp³-hybridized carbons (Fsp3) is 0.500. The molecule has 32 heavy (non-hydrogen) atoms. The van der Waals surface area contributed by atoms with Crippen molar-refractivity contribution in [2.45, 2.75) is 56.6 Å². The minimum absolute atomic E-state index is 0.0566. The highest BCUT2D eigenvalue weighted by Gasteiger charge is 2.35. The first kappa shape index (κ1) is 22.6. The van der Waals surface area contributed by atoms with Crippen molar-refractivity contribution >= 4 is 15.9 Å². The largest absolute Gasteiger partial charge is 0.488 e. The van der Waals surface area contributed by atoms with E-state index in [1.165, 1.54) is 6.26 Å². The van der Waals surface area contributed by atoms with Crippen molar-refractivity contribution in [3.63, 3.8) is 0 Å². The number of likely N-dealkylation sites (tertiary alicyclic amines) is 1. The third-order valence-electron chi connectivity index (χ3n) is 5.90. The molecule has 1 unspecified atom stereocenters. The first-order chi connectivity index (χ1) is 15.0. The van der Waals surface area contributed by atoms with Gasteiger partial charge in [0.15, 0.2) is 9.84 Å². The molecule has 0 radical (unpaired) electrons. The van der Waals surface area contributed by atoms with Crippen LogP contribution in [-0.2, 0) is 21.0 Å². The monoisotopic (exact) mass is 458 g/mol. The van der Waals surface area contributed by atoms with Crippen LogP contribution >= 0.6 is 0 Å². The summed E-state index contributed by atoms with van der Waals surface area (Å²) >= 11 is 0. The minimum atomic E-state index is -3.22. The summed E-state index contributed by atoms with van der Waals surface area (Å²) in [6, 6.07) is 10.6. The first-order valence-electron chi connectivity index (χ1n) is 10.9. The highest BCUT2D eigenvalue weighted by molar-refractivity contribution is 7.90. The molecule has 8 heteroatoms. The molecule has 1 aromatic heterocycles. The second-order valence-electron chi connectivity index (χ2n) is 9.60. The summed E-state index contributed by atoms with van der Waals surface area (Å²) in [5, 5.41) is 0. The zero-order valence-electron chi connectivity index (χ0n) is 19.0. The Balaban J connectivity index is 1.38. The van der Waals surface area contributed by atoms with Gasteiger partial charge in [-0.15, -0.1) is 0 Å². The first-order valence-corrected chi connectivity index (χ1v) is 12.8. The number of hydrogen-bond donors (Lipinski definition) is 0. The van der Waals surface area contributed by atoms with E-state index in [4.69, 9.17) is 14.5 Å². The van der Waals surface area contributed by atoms with Gasteiger partial charge in [0.2, 0.25) is 0 Å². The Hall–Kier alpha value is -2.61. The van der Waals surface area contributed by atoms with Crippen LogP contribution in [0.4, 0.5) is 4.79 Å². The minimum Gasteiger partial charge on any atom is -0.488 e. The third kappa shape index (κ3) is 5.06. The lowest BCUT2D eigenvalue weighted by Gasteiger charge is -2.35.